The minimum atomic E-state index is -0.130. The van der Waals surface area contributed by atoms with Crippen molar-refractivity contribution in [1.29, 1.82) is 0 Å². The molecule has 10 heteroatoms. The number of carbonyl (C=O) groups excluding carboxylic acids is 2. The van der Waals surface area contributed by atoms with Gasteiger partial charge in [-0.05, 0) is 95.5 Å². The quantitative estimate of drug-likeness (QED) is 0.390. The van der Waals surface area contributed by atoms with Gasteiger partial charge in [0.1, 0.15) is 0 Å². The molecule has 1 aliphatic heterocycles. The first-order chi connectivity index (χ1) is 19.4. The lowest BCUT2D eigenvalue weighted by Gasteiger charge is -2.34. The average Bonchev–Trinajstić information content (AvgIpc) is 3.31. The van der Waals surface area contributed by atoms with Gasteiger partial charge in [-0.25, -0.2) is 9.67 Å². The van der Waals surface area contributed by atoms with E-state index in [9.17, 15) is 9.59 Å². The topological polar surface area (TPSA) is 92.1 Å². The van der Waals surface area contributed by atoms with Crippen molar-refractivity contribution in [2.45, 2.75) is 89.1 Å². The fraction of sp³-hybridized carbons (Fsp3) is 0.533. The lowest BCUT2D eigenvalue weighted by atomic mass is 9.90. The Balaban J connectivity index is 1.12. The Kier molecular flexibility index (Phi) is 6.92. The molecule has 3 fully saturated rings. The Morgan fingerprint density at radius 3 is 2.52 bits per heavy atom. The van der Waals surface area contributed by atoms with Crippen molar-refractivity contribution < 1.29 is 9.59 Å². The van der Waals surface area contributed by atoms with E-state index in [0.717, 1.165) is 79.0 Å². The molecule has 1 aromatic carbocycles. The molecule has 2 N–H and O–H groups in total. The van der Waals surface area contributed by atoms with Crippen molar-refractivity contribution in [3.63, 3.8) is 0 Å². The zero-order chi connectivity index (χ0) is 27.4. The second kappa shape index (κ2) is 10.6. The van der Waals surface area contributed by atoms with E-state index in [1.807, 2.05) is 16.8 Å². The molecule has 2 amide bonds. The first-order valence-electron chi connectivity index (χ1n) is 14.7. The molecule has 8 nitrogen and oxygen atoms in total. The van der Waals surface area contributed by atoms with Crippen LogP contribution in [0.3, 0.4) is 0 Å². The summed E-state index contributed by atoms with van der Waals surface area (Å²) in [4.78, 5) is 33.2. The molecule has 2 aromatic heterocycles. The highest BCUT2D eigenvalue weighted by Gasteiger charge is 2.36. The lowest BCUT2D eigenvalue weighted by molar-refractivity contribution is -0.114. The van der Waals surface area contributed by atoms with Crippen molar-refractivity contribution in [3.05, 3.63) is 45.7 Å². The van der Waals surface area contributed by atoms with Crippen LogP contribution < -0.4 is 10.6 Å². The maximum atomic E-state index is 13.2. The maximum Gasteiger partial charge on any atom is 0.251 e. The maximum absolute atomic E-state index is 13.2. The molecule has 0 unspecified atom stereocenters. The molecule has 2 saturated carbocycles. The third-order valence-corrected chi connectivity index (χ3v) is 10.2. The van der Waals surface area contributed by atoms with Gasteiger partial charge in [0.05, 0.1) is 32.7 Å². The Morgan fingerprint density at radius 2 is 1.82 bits per heavy atom. The lowest BCUT2D eigenvalue weighted by Crippen LogP contribution is -2.43. The third kappa shape index (κ3) is 4.97. The summed E-state index contributed by atoms with van der Waals surface area (Å²) in [6.07, 6.45) is 11.0. The van der Waals surface area contributed by atoms with Crippen LogP contribution in [0.5, 0.6) is 0 Å². The molecule has 3 aromatic rings. The van der Waals surface area contributed by atoms with Gasteiger partial charge >= 0.3 is 0 Å². The van der Waals surface area contributed by atoms with Crippen LogP contribution in [0.1, 0.15) is 91.5 Å². The third-order valence-electron chi connectivity index (χ3n) is 8.91. The largest absolute Gasteiger partial charge is 0.349 e. The Morgan fingerprint density at radius 1 is 1.05 bits per heavy atom. The summed E-state index contributed by atoms with van der Waals surface area (Å²) in [7, 11) is 0. The molecule has 0 atom stereocenters. The zero-order valence-corrected chi connectivity index (χ0v) is 24.4. The fourth-order valence-corrected chi connectivity index (χ4v) is 8.12. The normalized spacial score (nSPS) is 22.6. The summed E-state index contributed by atoms with van der Waals surface area (Å²) in [5.41, 5.74) is 5.75. The molecule has 7 rings (SSSR count). The predicted molar refractivity (Wildman–Crippen MR) is 158 cm³/mol. The highest BCUT2D eigenvalue weighted by molar-refractivity contribution is 7.19. The number of anilines is 1. The first-order valence-corrected chi connectivity index (χ1v) is 15.9. The van der Waals surface area contributed by atoms with E-state index in [0.29, 0.717) is 27.7 Å². The summed E-state index contributed by atoms with van der Waals surface area (Å²) in [6, 6.07) is 6.43. The molecule has 40 heavy (non-hydrogen) atoms. The number of fused-ring (bicyclic) bond motifs is 3. The van der Waals surface area contributed by atoms with Crippen LogP contribution in [0.25, 0.3) is 16.3 Å². The van der Waals surface area contributed by atoms with Crippen molar-refractivity contribution in [2.75, 3.05) is 18.4 Å². The van der Waals surface area contributed by atoms with Crippen molar-refractivity contribution in [3.8, 4) is 16.3 Å². The fourth-order valence-electron chi connectivity index (χ4n) is 6.74. The van der Waals surface area contributed by atoms with Gasteiger partial charge in [-0.2, -0.15) is 5.10 Å². The predicted octanol–water partition coefficient (Wildman–Crippen LogP) is 5.72. The van der Waals surface area contributed by atoms with E-state index >= 15 is 0 Å². The van der Waals surface area contributed by atoms with Crippen LogP contribution in [0.15, 0.2) is 18.2 Å². The molecular weight excluding hydrogens is 544 g/mol. The van der Waals surface area contributed by atoms with Crippen LogP contribution in [0.4, 0.5) is 5.13 Å². The van der Waals surface area contributed by atoms with E-state index in [1.165, 1.54) is 49.8 Å². The Labute approximate surface area is 243 Å². The summed E-state index contributed by atoms with van der Waals surface area (Å²) >= 11 is 8.36. The van der Waals surface area contributed by atoms with Gasteiger partial charge in [0.2, 0.25) is 5.91 Å². The smallest absolute Gasteiger partial charge is 0.251 e. The summed E-state index contributed by atoms with van der Waals surface area (Å²) in [6.45, 7) is 3.96. The molecule has 3 heterocycles. The second-order valence-electron chi connectivity index (χ2n) is 11.8. The monoisotopic (exact) mass is 578 g/mol. The standard InChI is InChI=1S/C30H35ClN6O2S/c1-17(38)32-30-34-24-12-11-22-26(18-4-5-18)35-37(27(22)28(24)40-30)25-13-6-19(16-23(25)31)29(39)33-20-7-9-21(10-8-20)36-14-2-3-15-36/h6,13,16,18,20-21H,2-5,7-12,14-15H2,1H3,(H,33,39)(H,32,34,38). The number of halogens is 1. The van der Waals surface area contributed by atoms with Gasteiger partial charge in [-0.1, -0.05) is 22.9 Å². The van der Waals surface area contributed by atoms with Crippen LogP contribution in [0, 0.1) is 0 Å². The van der Waals surface area contributed by atoms with E-state index in [4.69, 9.17) is 21.7 Å². The number of carbonyl (C=O) groups is 2. The molecule has 210 valence electrons. The molecule has 4 aliphatic rings. The van der Waals surface area contributed by atoms with Gasteiger partial charge in [-0.3, -0.25) is 9.59 Å². The number of nitrogens with zero attached hydrogens (tertiary/aromatic N) is 4. The Bertz CT molecular complexity index is 1460. The number of nitrogens with one attached hydrogen (secondary N) is 2. The number of amides is 2. The van der Waals surface area contributed by atoms with Gasteiger partial charge in [0.25, 0.3) is 5.91 Å². The van der Waals surface area contributed by atoms with Gasteiger partial charge in [0, 0.05) is 36.1 Å². The molecule has 0 bridgehead atoms. The van der Waals surface area contributed by atoms with Crippen molar-refractivity contribution in [1.82, 2.24) is 25.0 Å². The minimum absolute atomic E-state index is 0.0658. The number of rotatable bonds is 6. The number of aryl methyl sites for hydroxylation is 1. The number of thiazole rings is 1. The van der Waals surface area contributed by atoms with Crippen LogP contribution in [-0.4, -0.2) is 56.7 Å². The number of hydrogen-bond donors (Lipinski definition) is 2. The first kappa shape index (κ1) is 26.2. The van der Waals surface area contributed by atoms with Crippen LogP contribution in [0.2, 0.25) is 5.02 Å². The summed E-state index contributed by atoms with van der Waals surface area (Å²) in [5.74, 6) is 0.294. The highest BCUT2D eigenvalue weighted by atomic mass is 35.5. The number of benzene rings is 1. The zero-order valence-electron chi connectivity index (χ0n) is 22.8. The van der Waals surface area contributed by atoms with Gasteiger partial charge in [-0.15, -0.1) is 0 Å². The number of likely N-dealkylation sites (tertiary alicyclic amines) is 1. The number of aromatic nitrogens is 3. The number of hydrogen-bond acceptors (Lipinski definition) is 6. The molecule has 3 aliphatic carbocycles. The Hall–Kier alpha value is -2.75. The van der Waals surface area contributed by atoms with E-state index in [-0.39, 0.29) is 17.9 Å². The molecule has 1 saturated heterocycles. The van der Waals surface area contributed by atoms with E-state index < -0.39 is 0 Å². The van der Waals surface area contributed by atoms with Crippen LogP contribution >= 0.6 is 22.9 Å². The minimum Gasteiger partial charge on any atom is -0.349 e. The summed E-state index contributed by atoms with van der Waals surface area (Å²) < 4.78 is 1.94. The average molecular weight is 579 g/mol. The van der Waals surface area contributed by atoms with E-state index in [2.05, 4.69) is 15.5 Å². The van der Waals surface area contributed by atoms with Crippen molar-refractivity contribution in [2.24, 2.45) is 0 Å². The highest BCUT2D eigenvalue weighted by Crippen LogP contribution is 2.48. The molecule has 0 radical (unpaired) electrons. The van der Waals surface area contributed by atoms with Gasteiger partial charge in [0.15, 0.2) is 5.13 Å². The summed E-state index contributed by atoms with van der Waals surface area (Å²) in [5, 5.41) is 12.3. The molecular formula is C30H35ClN6O2S. The van der Waals surface area contributed by atoms with Crippen molar-refractivity contribution >= 4 is 39.9 Å². The van der Waals surface area contributed by atoms with Gasteiger partial charge < -0.3 is 15.5 Å². The van der Waals surface area contributed by atoms with Crippen LogP contribution in [-0.2, 0) is 17.6 Å². The SMILES string of the molecule is CC(=O)Nc1nc2c(s1)-c1c(c(C3CC3)nn1-c1ccc(C(=O)NC3CCC(N4CCCC4)CC3)cc1Cl)CC2. The second-order valence-corrected chi connectivity index (χ2v) is 13.2. The van der Waals surface area contributed by atoms with E-state index in [1.54, 1.807) is 6.07 Å². The molecule has 0 spiro atoms.